The Morgan fingerprint density at radius 1 is 0.828 bits per heavy atom. The quantitative estimate of drug-likeness (QED) is 0.505. The first-order chi connectivity index (χ1) is 14.0. The van der Waals surface area contributed by atoms with Crippen LogP contribution in [0, 0.1) is 5.82 Å². The normalized spacial score (nSPS) is 14.1. The number of nitrogens with zero attached hydrogens (tertiary/aromatic N) is 1. The van der Waals surface area contributed by atoms with Gasteiger partial charge in [-0.2, -0.15) is 0 Å². The van der Waals surface area contributed by atoms with E-state index in [2.05, 4.69) is 0 Å². The third-order valence-corrected chi connectivity index (χ3v) is 5.82. The summed E-state index contributed by atoms with van der Waals surface area (Å²) in [6, 6.07) is 22.0. The van der Waals surface area contributed by atoms with Crippen molar-refractivity contribution in [1.29, 1.82) is 0 Å². The highest BCUT2D eigenvalue weighted by Crippen LogP contribution is 2.40. The van der Waals surface area contributed by atoms with Gasteiger partial charge in [0.05, 0.1) is 17.0 Å². The topological polar surface area (TPSA) is 37.4 Å². The van der Waals surface area contributed by atoms with Crippen LogP contribution in [0.3, 0.4) is 0 Å². The zero-order chi connectivity index (χ0) is 20.4. The monoisotopic (exact) mass is 423 g/mol. The van der Waals surface area contributed by atoms with E-state index in [9.17, 15) is 14.0 Å². The molecule has 6 heteroatoms. The van der Waals surface area contributed by atoms with Crippen LogP contribution in [0.25, 0.3) is 5.57 Å². The molecule has 3 aromatic carbocycles. The van der Waals surface area contributed by atoms with Gasteiger partial charge in [-0.05, 0) is 47.5 Å². The van der Waals surface area contributed by atoms with Crippen LogP contribution in [-0.4, -0.2) is 16.7 Å². The fourth-order valence-electron chi connectivity index (χ4n) is 3.05. The molecule has 0 fully saturated rings. The lowest BCUT2D eigenvalue weighted by atomic mass is 10.1. The van der Waals surface area contributed by atoms with Crippen LogP contribution in [0.1, 0.15) is 11.1 Å². The molecule has 0 aliphatic carbocycles. The lowest BCUT2D eigenvalue weighted by molar-refractivity contribution is -0.137. The zero-order valence-corrected chi connectivity index (χ0v) is 16.7. The molecule has 0 bridgehead atoms. The van der Waals surface area contributed by atoms with Gasteiger partial charge in [-0.1, -0.05) is 65.8 Å². The van der Waals surface area contributed by atoms with Crippen LogP contribution in [0.2, 0.25) is 5.02 Å². The molecule has 0 N–H and O–H groups in total. The molecule has 29 heavy (non-hydrogen) atoms. The summed E-state index contributed by atoms with van der Waals surface area (Å²) in [4.78, 5) is 28.7. The van der Waals surface area contributed by atoms with Crippen molar-refractivity contribution in [3.8, 4) is 0 Å². The molecule has 0 aromatic heterocycles. The molecule has 0 radical (unpaired) electrons. The van der Waals surface area contributed by atoms with Gasteiger partial charge in [0.25, 0.3) is 11.8 Å². The highest BCUT2D eigenvalue weighted by atomic mass is 35.5. The molecular weight excluding hydrogens is 409 g/mol. The fourth-order valence-corrected chi connectivity index (χ4v) is 4.19. The maximum Gasteiger partial charge on any atom is 0.268 e. The second-order valence-electron chi connectivity index (χ2n) is 6.45. The van der Waals surface area contributed by atoms with Gasteiger partial charge in [-0.25, -0.2) is 4.39 Å². The summed E-state index contributed by atoms with van der Waals surface area (Å²) in [6.45, 7) is 0.174. The number of carbonyl (C=O) groups is 2. The number of carbonyl (C=O) groups excluding carboxylic acids is 2. The molecule has 2 amide bonds. The van der Waals surface area contributed by atoms with Gasteiger partial charge in [0, 0.05) is 9.92 Å². The molecular formula is C23H15ClFNO2S. The maximum absolute atomic E-state index is 13.4. The van der Waals surface area contributed by atoms with Crippen molar-refractivity contribution in [3.63, 3.8) is 0 Å². The largest absolute Gasteiger partial charge is 0.269 e. The number of hydrogen-bond acceptors (Lipinski definition) is 3. The van der Waals surface area contributed by atoms with Crippen LogP contribution < -0.4 is 0 Å². The molecule has 3 nitrogen and oxygen atoms in total. The number of halogens is 2. The summed E-state index contributed by atoms with van der Waals surface area (Å²) >= 11 is 7.16. The molecule has 1 aliphatic rings. The predicted octanol–water partition coefficient (Wildman–Crippen LogP) is 5.55. The minimum absolute atomic E-state index is 0.174. The van der Waals surface area contributed by atoms with Crippen LogP contribution in [0.4, 0.5) is 4.39 Å². The third kappa shape index (κ3) is 4.11. The smallest absolute Gasteiger partial charge is 0.268 e. The summed E-state index contributed by atoms with van der Waals surface area (Å²) in [5.41, 5.74) is 1.65. The van der Waals surface area contributed by atoms with Crippen LogP contribution in [-0.2, 0) is 16.1 Å². The molecule has 3 aromatic rings. The molecule has 0 atom stereocenters. The molecule has 0 unspecified atom stereocenters. The molecule has 0 saturated carbocycles. The number of thioether (sulfide) groups is 1. The molecule has 144 valence electrons. The third-order valence-electron chi connectivity index (χ3n) is 4.48. The van der Waals surface area contributed by atoms with E-state index in [0.29, 0.717) is 15.5 Å². The number of imide groups is 1. The summed E-state index contributed by atoms with van der Waals surface area (Å²) in [7, 11) is 0. The standard InChI is InChI=1S/C23H15ClFNO2S/c24-17-8-12-19(13-9-17)29-21-20(16-6-10-18(25)11-7-16)22(27)26(23(21)28)14-15-4-2-1-3-5-15/h1-13H,14H2. The number of rotatable bonds is 5. The minimum Gasteiger partial charge on any atom is -0.269 e. The highest BCUT2D eigenvalue weighted by molar-refractivity contribution is 8.04. The fraction of sp³-hybridized carbons (Fsp3) is 0.0435. The van der Waals surface area contributed by atoms with E-state index in [1.165, 1.54) is 40.9 Å². The van der Waals surface area contributed by atoms with E-state index in [1.807, 2.05) is 30.3 Å². The van der Waals surface area contributed by atoms with Gasteiger partial charge in [-0.3, -0.25) is 14.5 Å². The van der Waals surface area contributed by atoms with Gasteiger partial charge in [0.15, 0.2) is 0 Å². The SMILES string of the molecule is O=C1C(Sc2ccc(Cl)cc2)=C(c2ccc(F)cc2)C(=O)N1Cc1ccccc1. The second kappa shape index (κ2) is 8.23. The van der Waals surface area contributed by atoms with Crippen molar-refractivity contribution in [2.24, 2.45) is 0 Å². The van der Waals surface area contributed by atoms with Gasteiger partial charge in [-0.15, -0.1) is 0 Å². The first-order valence-corrected chi connectivity index (χ1v) is 10.1. The molecule has 0 saturated heterocycles. The van der Waals surface area contributed by atoms with Gasteiger partial charge >= 0.3 is 0 Å². The molecule has 0 spiro atoms. The van der Waals surface area contributed by atoms with Crippen LogP contribution in [0.15, 0.2) is 88.7 Å². The lowest BCUT2D eigenvalue weighted by Gasteiger charge is -2.15. The first kappa shape index (κ1) is 19.4. The van der Waals surface area contributed by atoms with E-state index < -0.39 is 5.82 Å². The molecule has 1 aliphatic heterocycles. The lowest BCUT2D eigenvalue weighted by Crippen LogP contribution is -2.30. The van der Waals surface area contributed by atoms with Gasteiger partial charge in [0.1, 0.15) is 5.82 Å². The Bertz CT molecular complexity index is 1100. The molecule has 4 rings (SSSR count). The number of hydrogen-bond donors (Lipinski definition) is 0. The van der Waals surface area contributed by atoms with Crippen molar-refractivity contribution < 1.29 is 14.0 Å². The van der Waals surface area contributed by atoms with Crippen molar-refractivity contribution >= 4 is 40.8 Å². The Morgan fingerprint density at radius 3 is 2.14 bits per heavy atom. The van der Waals surface area contributed by atoms with E-state index in [1.54, 1.807) is 24.3 Å². The maximum atomic E-state index is 13.4. The predicted molar refractivity (Wildman–Crippen MR) is 113 cm³/mol. The minimum atomic E-state index is -0.404. The Hall–Kier alpha value is -2.89. The number of amides is 2. The Balaban J connectivity index is 1.74. The van der Waals surface area contributed by atoms with E-state index in [4.69, 9.17) is 11.6 Å². The Labute approximate surface area is 176 Å². The summed E-state index contributed by atoms with van der Waals surface area (Å²) in [5, 5.41) is 0.585. The van der Waals surface area contributed by atoms with Gasteiger partial charge in [0.2, 0.25) is 0 Å². The van der Waals surface area contributed by atoms with Crippen molar-refractivity contribution in [3.05, 3.63) is 106 Å². The zero-order valence-electron chi connectivity index (χ0n) is 15.1. The number of benzene rings is 3. The van der Waals surface area contributed by atoms with Crippen LogP contribution in [0.5, 0.6) is 0 Å². The van der Waals surface area contributed by atoms with Crippen molar-refractivity contribution in [2.75, 3.05) is 0 Å². The average Bonchev–Trinajstić information content (AvgIpc) is 2.95. The highest BCUT2D eigenvalue weighted by Gasteiger charge is 2.39. The Morgan fingerprint density at radius 2 is 1.48 bits per heavy atom. The first-order valence-electron chi connectivity index (χ1n) is 8.86. The second-order valence-corrected chi connectivity index (χ2v) is 7.97. The van der Waals surface area contributed by atoms with Gasteiger partial charge < -0.3 is 0 Å². The summed E-state index contributed by atoms with van der Waals surface area (Å²) in [5.74, 6) is -1.15. The van der Waals surface area contributed by atoms with E-state index in [0.717, 1.165) is 10.5 Å². The van der Waals surface area contributed by atoms with Crippen LogP contribution >= 0.6 is 23.4 Å². The Kier molecular flexibility index (Phi) is 5.51. The molecule has 1 heterocycles. The van der Waals surface area contributed by atoms with Crippen molar-refractivity contribution in [2.45, 2.75) is 11.4 Å². The average molecular weight is 424 g/mol. The van der Waals surface area contributed by atoms with E-state index >= 15 is 0 Å². The van der Waals surface area contributed by atoms with E-state index in [-0.39, 0.29) is 23.9 Å². The van der Waals surface area contributed by atoms with Crippen molar-refractivity contribution in [1.82, 2.24) is 4.90 Å². The summed E-state index contributed by atoms with van der Waals surface area (Å²) in [6.07, 6.45) is 0. The summed E-state index contributed by atoms with van der Waals surface area (Å²) < 4.78 is 13.4.